The number of nitrogens with one attached hydrogen (secondary N) is 2. The number of benzene rings is 1. The number of rotatable bonds is 2. The fourth-order valence-corrected chi connectivity index (χ4v) is 2.52. The van der Waals surface area contributed by atoms with E-state index < -0.39 is 0 Å². The minimum Gasteiger partial charge on any atom is -0.375 e. The van der Waals surface area contributed by atoms with Gasteiger partial charge in [-0.2, -0.15) is 0 Å². The number of hydrazine groups is 1. The average molecular weight is 292 g/mol. The van der Waals surface area contributed by atoms with Gasteiger partial charge in [0.1, 0.15) is 5.69 Å². The van der Waals surface area contributed by atoms with E-state index in [1.165, 1.54) is 11.3 Å². The summed E-state index contributed by atoms with van der Waals surface area (Å²) in [5.41, 5.74) is 11.4. The summed E-state index contributed by atoms with van der Waals surface area (Å²) in [6.45, 7) is 1.86. The maximum absolute atomic E-state index is 12.0. The molecule has 2 aromatic rings. The molecule has 2 rings (SSSR count). The molecule has 1 aromatic carbocycles. The first kappa shape index (κ1) is 13.4. The monoisotopic (exact) mass is 292 g/mol. The molecular weight excluding hydrogens is 280 g/mol. The predicted octanol–water partition coefficient (Wildman–Crippen LogP) is 1.60. The molecule has 0 atom stereocenters. The molecule has 0 spiro atoms. The molecule has 0 bridgehead atoms. The first-order valence-electron chi connectivity index (χ1n) is 5.46. The van der Waals surface area contributed by atoms with Crippen molar-refractivity contribution in [1.29, 1.82) is 0 Å². The second kappa shape index (κ2) is 5.77. The third kappa shape index (κ3) is 3.27. The molecule has 98 valence electrons. The van der Waals surface area contributed by atoms with Crippen molar-refractivity contribution in [3.8, 4) is 10.4 Å². The zero-order valence-corrected chi connectivity index (χ0v) is 11.8. The standard InChI is InChI=1S/C12H12N4OS2/c1-7-14-9(11(17)15-16-12(13)18)10(19-7)8-5-3-2-4-6-8/h2-6H,1H3,(H,15,17)(H3,13,16,18). The molecule has 4 N–H and O–H groups in total. The Labute approximate surface area is 119 Å². The summed E-state index contributed by atoms with van der Waals surface area (Å²) in [6, 6.07) is 9.62. The SMILES string of the molecule is Cc1nc(C(=O)NNC(N)=S)c(-c2ccccc2)s1. The van der Waals surface area contributed by atoms with Crippen molar-refractivity contribution in [2.24, 2.45) is 5.73 Å². The van der Waals surface area contributed by atoms with Crippen LogP contribution in [0.4, 0.5) is 0 Å². The Hall–Kier alpha value is -1.99. The van der Waals surface area contributed by atoms with Gasteiger partial charge < -0.3 is 5.73 Å². The molecule has 0 aliphatic rings. The minimum atomic E-state index is -0.365. The lowest BCUT2D eigenvalue weighted by Crippen LogP contribution is -2.44. The Bertz CT molecular complexity index is 609. The van der Waals surface area contributed by atoms with Gasteiger partial charge in [0.05, 0.1) is 9.88 Å². The zero-order chi connectivity index (χ0) is 13.8. The summed E-state index contributed by atoms with van der Waals surface area (Å²) in [6.07, 6.45) is 0. The van der Waals surface area contributed by atoms with E-state index in [-0.39, 0.29) is 11.0 Å². The fourth-order valence-electron chi connectivity index (χ4n) is 1.54. The van der Waals surface area contributed by atoms with Crippen molar-refractivity contribution < 1.29 is 4.79 Å². The molecule has 0 saturated heterocycles. The molecule has 0 aliphatic heterocycles. The van der Waals surface area contributed by atoms with Crippen molar-refractivity contribution in [1.82, 2.24) is 15.8 Å². The lowest BCUT2D eigenvalue weighted by atomic mass is 10.1. The van der Waals surface area contributed by atoms with Crippen LogP contribution in [-0.4, -0.2) is 16.0 Å². The molecule has 1 heterocycles. The quantitative estimate of drug-likeness (QED) is 0.578. The van der Waals surface area contributed by atoms with Crippen molar-refractivity contribution in [3.63, 3.8) is 0 Å². The molecule has 1 aromatic heterocycles. The number of hydrogen-bond donors (Lipinski definition) is 3. The van der Waals surface area contributed by atoms with E-state index in [0.29, 0.717) is 5.69 Å². The molecule has 5 nitrogen and oxygen atoms in total. The summed E-state index contributed by atoms with van der Waals surface area (Å²) in [4.78, 5) is 17.1. The maximum Gasteiger partial charge on any atom is 0.289 e. The average Bonchev–Trinajstić information content (AvgIpc) is 2.79. The van der Waals surface area contributed by atoms with Crippen molar-refractivity contribution in [3.05, 3.63) is 41.0 Å². The van der Waals surface area contributed by atoms with Gasteiger partial charge >= 0.3 is 0 Å². The smallest absolute Gasteiger partial charge is 0.289 e. The number of nitrogens with zero attached hydrogens (tertiary/aromatic N) is 1. The van der Waals surface area contributed by atoms with Gasteiger partial charge in [0.25, 0.3) is 5.91 Å². The Kier molecular flexibility index (Phi) is 4.08. The molecule has 1 amide bonds. The van der Waals surface area contributed by atoms with Crippen LogP contribution in [0.25, 0.3) is 10.4 Å². The number of thiocarbonyl (C=S) groups is 1. The van der Waals surface area contributed by atoms with E-state index in [1.807, 2.05) is 37.3 Å². The van der Waals surface area contributed by atoms with Crippen LogP contribution in [0, 0.1) is 6.92 Å². The van der Waals surface area contributed by atoms with Gasteiger partial charge in [0, 0.05) is 0 Å². The summed E-state index contributed by atoms with van der Waals surface area (Å²) in [5, 5.41) is 0.820. The van der Waals surface area contributed by atoms with Gasteiger partial charge in [0.2, 0.25) is 0 Å². The Balaban J connectivity index is 2.31. The van der Waals surface area contributed by atoms with Crippen molar-refractivity contribution in [2.45, 2.75) is 6.92 Å². The Morgan fingerprint density at radius 2 is 2.00 bits per heavy atom. The van der Waals surface area contributed by atoms with Gasteiger partial charge in [-0.25, -0.2) is 4.98 Å². The van der Waals surface area contributed by atoms with Gasteiger partial charge in [-0.15, -0.1) is 11.3 Å². The van der Waals surface area contributed by atoms with Gasteiger partial charge in [-0.3, -0.25) is 15.6 Å². The third-order valence-electron chi connectivity index (χ3n) is 2.28. The van der Waals surface area contributed by atoms with E-state index in [1.54, 1.807) is 0 Å². The largest absolute Gasteiger partial charge is 0.375 e. The molecule has 0 unspecified atom stereocenters. The zero-order valence-electron chi connectivity index (χ0n) is 10.1. The summed E-state index contributed by atoms with van der Waals surface area (Å²) >= 11 is 6.10. The molecule has 7 heteroatoms. The van der Waals surface area contributed by atoms with Gasteiger partial charge in [0.15, 0.2) is 5.11 Å². The topological polar surface area (TPSA) is 80.0 Å². The van der Waals surface area contributed by atoms with Crippen LogP contribution >= 0.6 is 23.6 Å². The first-order chi connectivity index (χ1) is 9.08. The fraction of sp³-hybridized carbons (Fsp3) is 0.0833. The Morgan fingerprint density at radius 3 is 2.63 bits per heavy atom. The van der Waals surface area contributed by atoms with E-state index in [2.05, 4.69) is 28.1 Å². The molecule has 19 heavy (non-hydrogen) atoms. The van der Waals surface area contributed by atoms with Crippen LogP contribution in [-0.2, 0) is 0 Å². The number of aromatic nitrogens is 1. The number of nitrogens with two attached hydrogens (primary N) is 1. The highest BCUT2D eigenvalue weighted by atomic mass is 32.1. The van der Waals surface area contributed by atoms with E-state index in [4.69, 9.17) is 5.73 Å². The summed E-state index contributed by atoms with van der Waals surface area (Å²) < 4.78 is 0. The van der Waals surface area contributed by atoms with Gasteiger partial charge in [-0.1, -0.05) is 30.3 Å². The second-order valence-corrected chi connectivity index (χ2v) is 5.36. The van der Waals surface area contributed by atoms with Crippen molar-refractivity contribution in [2.75, 3.05) is 0 Å². The Morgan fingerprint density at radius 1 is 1.32 bits per heavy atom. The number of hydrogen-bond acceptors (Lipinski definition) is 4. The predicted molar refractivity (Wildman–Crippen MR) is 79.7 cm³/mol. The van der Waals surface area contributed by atoms with E-state index in [0.717, 1.165) is 15.4 Å². The first-order valence-corrected chi connectivity index (χ1v) is 6.69. The highest BCUT2D eigenvalue weighted by molar-refractivity contribution is 7.80. The summed E-state index contributed by atoms with van der Waals surface area (Å²) in [7, 11) is 0. The molecule has 0 saturated carbocycles. The second-order valence-electron chi connectivity index (χ2n) is 3.72. The lowest BCUT2D eigenvalue weighted by molar-refractivity contribution is 0.0940. The minimum absolute atomic E-state index is 0.00145. The molecule has 0 radical (unpaired) electrons. The maximum atomic E-state index is 12.0. The summed E-state index contributed by atoms with van der Waals surface area (Å²) in [5.74, 6) is -0.365. The van der Waals surface area contributed by atoms with Crippen LogP contribution < -0.4 is 16.6 Å². The van der Waals surface area contributed by atoms with Crippen molar-refractivity contribution >= 4 is 34.6 Å². The lowest BCUT2D eigenvalue weighted by Gasteiger charge is -2.06. The molecular formula is C12H12N4OS2. The van der Waals surface area contributed by atoms with Crippen LogP contribution in [0.15, 0.2) is 30.3 Å². The van der Waals surface area contributed by atoms with E-state index >= 15 is 0 Å². The molecule has 0 fully saturated rings. The van der Waals surface area contributed by atoms with E-state index in [9.17, 15) is 4.79 Å². The van der Waals surface area contributed by atoms with Crippen LogP contribution in [0.5, 0.6) is 0 Å². The molecule has 0 aliphatic carbocycles. The highest BCUT2D eigenvalue weighted by Gasteiger charge is 2.17. The highest BCUT2D eigenvalue weighted by Crippen LogP contribution is 2.29. The van der Waals surface area contributed by atoms with Crippen LogP contribution in [0.2, 0.25) is 0 Å². The number of carbonyl (C=O) groups excluding carboxylic acids is 1. The van der Waals surface area contributed by atoms with Gasteiger partial charge in [-0.05, 0) is 24.7 Å². The third-order valence-corrected chi connectivity index (χ3v) is 3.41. The van der Waals surface area contributed by atoms with Crippen LogP contribution in [0.3, 0.4) is 0 Å². The number of aryl methyl sites for hydroxylation is 1. The normalized spacial score (nSPS) is 9.95. The number of thiazole rings is 1. The number of amides is 1. The van der Waals surface area contributed by atoms with Crippen LogP contribution in [0.1, 0.15) is 15.5 Å². The number of carbonyl (C=O) groups is 1.